The first-order valence-electron chi connectivity index (χ1n) is 7.13. The van der Waals surface area contributed by atoms with Gasteiger partial charge < -0.3 is 10.6 Å². The standard InChI is InChI=1S/C16H23ClN2O/c1-16(2,15(20)18-3)10-19-14-8-12(9-14)11-4-6-13(17)7-5-11/h4-7,12,14,19H,8-10H2,1-3H3,(H,18,20). The van der Waals surface area contributed by atoms with Crippen LogP contribution in [-0.4, -0.2) is 25.5 Å². The van der Waals surface area contributed by atoms with Crippen molar-refractivity contribution in [2.45, 2.75) is 38.6 Å². The largest absolute Gasteiger partial charge is 0.359 e. The zero-order valence-corrected chi connectivity index (χ0v) is 13.1. The number of rotatable bonds is 5. The molecule has 0 spiro atoms. The van der Waals surface area contributed by atoms with Crippen LogP contribution in [0.25, 0.3) is 0 Å². The Morgan fingerprint density at radius 1 is 1.30 bits per heavy atom. The summed E-state index contributed by atoms with van der Waals surface area (Å²) >= 11 is 5.90. The predicted molar refractivity (Wildman–Crippen MR) is 83.1 cm³/mol. The molecule has 1 fully saturated rings. The summed E-state index contributed by atoms with van der Waals surface area (Å²) in [7, 11) is 1.68. The van der Waals surface area contributed by atoms with Crippen LogP contribution in [0.4, 0.5) is 0 Å². The van der Waals surface area contributed by atoms with Gasteiger partial charge in [-0.05, 0) is 50.3 Å². The van der Waals surface area contributed by atoms with E-state index < -0.39 is 0 Å². The van der Waals surface area contributed by atoms with Gasteiger partial charge in [0.1, 0.15) is 0 Å². The normalized spacial score (nSPS) is 22.2. The predicted octanol–water partition coefficient (Wildman–Crippen LogP) is 2.95. The Morgan fingerprint density at radius 3 is 2.45 bits per heavy atom. The monoisotopic (exact) mass is 294 g/mol. The summed E-state index contributed by atoms with van der Waals surface area (Å²) in [6.45, 7) is 4.65. The molecule has 0 bridgehead atoms. The number of benzene rings is 1. The van der Waals surface area contributed by atoms with Crippen molar-refractivity contribution in [1.82, 2.24) is 10.6 Å². The van der Waals surface area contributed by atoms with Crippen LogP contribution in [0.1, 0.15) is 38.2 Å². The molecule has 0 unspecified atom stereocenters. The van der Waals surface area contributed by atoms with E-state index in [1.54, 1.807) is 7.05 Å². The first-order chi connectivity index (χ1) is 9.42. The van der Waals surface area contributed by atoms with Crippen LogP contribution in [0.3, 0.4) is 0 Å². The molecule has 2 N–H and O–H groups in total. The molecule has 0 atom stereocenters. The summed E-state index contributed by atoms with van der Waals surface area (Å²) in [5.41, 5.74) is 0.998. The average Bonchev–Trinajstić information content (AvgIpc) is 2.37. The Balaban J connectivity index is 1.77. The lowest BCUT2D eigenvalue weighted by Gasteiger charge is -2.38. The Hall–Kier alpha value is -1.06. The van der Waals surface area contributed by atoms with Crippen LogP contribution >= 0.6 is 11.6 Å². The van der Waals surface area contributed by atoms with Crippen molar-refractivity contribution in [1.29, 1.82) is 0 Å². The number of amides is 1. The molecule has 1 aliphatic rings. The summed E-state index contributed by atoms with van der Waals surface area (Å²) in [5, 5.41) is 7.00. The van der Waals surface area contributed by atoms with Crippen molar-refractivity contribution in [2.24, 2.45) is 5.41 Å². The summed E-state index contributed by atoms with van der Waals surface area (Å²) < 4.78 is 0. The Morgan fingerprint density at radius 2 is 1.90 bits per heavy atom. The van der Waals surface area contributed by atoms with E-state index in [2.05, 4.69) is 22.8 Å². The highest BCUT2D eigenvalue weighted by Gasteiger charge is 2.33. The Bertz CT molecular complexity index is 464. The molecule has 0 aliphatic heterocycles. The second kappa shape index (κ2) is 6.15. The molecule has 1 aromatic rings. The highest BCUT2D eigenvalue weighted by Crippen LogP contribution is 2.37. The number of carbonyl (C=O) groups excluding carboxylic acids is 1. The van der Waals surface area contributed by atoms with E-state index >= 15 is 0 Å². The van der Waals surface area contributed by atoms with E-state index in [0.29, 0.717) is 18.5 Å². The molecular formula is C16H23ClN2O. The third-order valence-corrected chi connectivity index (χ3v) is 4.41. The molecule has 0 radical (unpaired) electrons. The van der Waals surface area contributed by atoms with Crippen molar-refractivity contribution in [3.8, 4) is 0 Å². The second-order valence-electron chi connectivity index (χ2n) is 6.26. The van der Waals surface area contributed by atoms with Gasteiger partial charge in [0.2, 0.25) is 5.91 Å². The smallest absolute Gasteiger partial charge is 0.226 e. The summed E-state index contributed by atoms with van der Waals surface area (Å²) in [5.74, 6) is 0.700. The molecule has 4 heteroatoms. The topological polar surface area (TPSA) is 41.1 Å². The second-order valence-corrected chi connectivity index (χ2v) is 6.70. The minimum atomic E-state index is -0.361. The van der Waals surface area contributed by atoms with Gasteiger partial charge in [-0.1, -0.05) is 23.7 Å². The van der Waals surface area contributed by atoms with Gasteiger partial charge >= 0.3 is 0 Å². The summed E-state index contributed by atoms with van der Waals surface area (Å²) in [6, 6.07) is 8.63. The fourth-order valence-electron chi connectivity index (χ4n) is 2.61. The highest BCUT2D eigenvalue weighted by atomic mass is 35.5. The van der Waals surface area contributed by atoms with E-state index in [-0.39, 0.29) is 11.3 Å². The Labute approximate surface area is 126 Å². The van der Waals surface area contributed by atoms with E-state index in [9.17, 15) is 4.79 Å². The minimum absolute atomic E-state index is 0.0820. The van der Waals surface area contributed by atoms with E-state index in [1.165, 1.54) is 5.56 Å². The zero-order chi connectivity index (χ0) is 14.8. The van der Waals surface area contributed by atoms with E-state index in [4.69, 9.17) is 11.6 Å². The average molecular weight is 295 g/mol. The van der Waals surface area contributed by atoms with Crippen LogP contribution < -0.4 is 10.6 Å². The van der Waals surface area contributed by atoms with Crippen molar-refractivity contribution in [2.75, 3.05) is 13.6 Å². The minimum Gasteiger partial charge on any atom is -0.359 e. The molecule has 20 heavy (non-hydrogen) atoms. The van der Waals surface area contributed by atoms with Gasteiger partial charge in [0, 0.05) is 24.7 Å². The number of halogens is 1. The maximum absolute atomic E-state index is 11.7. The van der Waals surface area contributed by atoms with Gasteiger partial charge in [-0.2, -0.15) is 0 Å². The number of hydrogen-bond donors (Lipinski definition) is 2. The lowest BCUT2D eigenvalue weighted by Crippen LogP contribution is -2.48. The third-order valence-electron chi connectivity index (χ3n) is 4.15. The van der Waals surface area contributed by atoms with Crippen LogP contribution in [0, 0.1) is 5.41 Å². The van der Waals surface area contributed by atoms with E-state index in [1.807, 2.05) is 26.0 Å². The summed E-state index contributed by atoms with van der Waals surface area (Å²) in [4.78, 5) is 11.7. The van der Waals surface area contributed by atoms with Crippen molar-refractivity contribution < 1.29 is 4.79 Å². The van der Waals surface area contributed by atoms with Crippen molar-refractivity contribution in [3.63, 3.8) is 0 Å². The van der Waals surface area contributed by atoms with Gasteiger partial charge in [0.15, 0.2) is 0 Å². The fraction of sp³-hybridized carbons (Fsp3) is 0.562. The fourth-order valence-corrected chi connectivity index (χ4v) is 2.74. The van der Waals surface area contributed by atoms with Gasteiger partial charge in [0.05, 0.1) is 5.41 Å². The molecule has 1 aromatic carbocycles. The summed E-state index contributed by atoms with van der Waals surface area (Å²) in [6.07, 6.45) is 2.26. The number of carbonyl (C=O) groups is 1. The van der Waals surface area contributed by atoms with Crippen LogP contribution in [0.5, 0.6) is 0 Å². The molecule has 110 valence electrons. The van der Waals surface area contributed by atoms with E-state index in [0.717, 1.165) is 17.9 Å². The van der Waals surface area contributed by atoms with Crippen molar-refractivity contribution in [3.05, 3.63) is 34.9 Å². The molecule has 3 nitrogen and oxygen atoms in total. The lowest BCUT2D eigenvalue weighted by molar-refractivity contribution is -0.128. The van der Waals surface area contributed by atoms with Gasteiger partial charge in [-0.3, -0.25) is 4.79 Å². The van der Waals surface area contributed by atoms with Gasteiger partial charge in [-0.25, -0.2) is 0 Å². The molecule has 1 saturated carbocycles. The molecular weight excluding hydrogens is 272 g/mol. The first-order valence-corrected chi connectivity index (χ1v) is 7.51. The molecule has 1 aliphatic carbocycles. The molecule has 1 amide bonds. The Kier molecular flexibility index (Phi) is 4.71. The SMILES string of the molecule is CNC(=O)C(C)(C)CNC1CC(c2ccc(Cl)cc2)C1. The molecule has 0 saturated heterocycles. The molecule has 0 aromatic heterocycles. The van der Waals surface area contributed by atoms with Gasteiger partial charge in [-0.15, -0.1) is 0 Å². The van der Waals surface area contributed by atoms with Crippen LogP contribution in [-0.2, 0) is 4.79 Å². The number of hydrogen-bond acceptors (Lipinski definition) is 2. The lowest BCUT2D eigenvalue weighted by atomic mass is 9.75. The van der Waals surface area contributed by atoms with Crippen LogP contribution in [0.15, 0.2) is 24.3 Å². The zero-order valence-electron chi connectivity index (χ0n) is 12.4. The molecule has 2 rings (SSSR count). The first kappa shape index (κ1) is 15.3. The van der Waals surface area contributed by atoms with Crippen LogP contribution in [0.2, 0.25) is 5.02 Å². The highest BCUT2D eigenvalue weighted by molar-refractivity contribution is 6.30. The maximum atomic E-state index is 11.7. The molecule has 0 heterocycles. The number of nitrogens with one attached hydrogen (secondary N) is 2. The van der Waals surface area contributed by atoms with Gasteiger partial charge in [0.25, 0.3) is 0 Å². The van der Waals surface area contributed by atoms with Crippen molar-refractivity contribution >= 4 is 17.5 Å². The third kappa shape index (κ3) is 3.53. The maximum Gasteiger partial charge on any atom is 0.226 e. The quantitative estimate of drug-likeness (QED) is 0.877.